The number of carbonyl (C=O) groups is 1. The first-order chi connectivity index (χ1) is 11.1. The van der Waals surface area contributed by atoms with Crippen molar-refractivity contribution in [3.63, 3.8) is 0 Å². The molecule has 0 aliphatic heterocycles. The molecule has 116 valence electrons. The lowest BCUT2D eigenvalue weighted by atomic mass is 10.1. The van der Waals surface area contributed by atoms with Crippen molar-refractivity contribution >= 4 is 11.7 Å². The molecule has 1 aromatic carbocycles. The summed E-state index contributed by atoms with van der Waals surface area (Å²) in [6.45, 7) is -0.0611. The van der Waals surface area contributed by atoms with E-state index in [0.717, 1.165) is 0 Å². The molecule has 0 unspecified atom stereocenters. The first-order valence-electron chi connectivity index (χ1n) is 6.67. The topological polar surface area (TPSA) is 95.7 Å². The molecule has 0 bridgehead atoms. The molecule has 0 saturated heterocycles. The Bertz CT molecular complexity index is 834. The number of esters is 1. The largest absolute Gasteiger partial charge is 0.457 e. The number of carbonyl (C=O) groups excluding carboxylic acids is 1. The zero-order chi connectivity index (χ0) is 16.2. The van der Waals surface area contributed by atoms with Crippen LogP contribution < -0.4 is 0 Å². The first kappa shape index (κ1) is 14.6. The van der Waals surface area contributed by atoms with Gasteiger partial charge in [-0.1, -0.05) is 12.1 Å². The van der Waals surface area contributed by atoms with Crippen LogP contribution in [0.3, 0.4) is 0 Å². The summed E-state index contributed by atoms with van der Waals surface area (Å²) in [6.07, 6.45) is 1.38. The van der Waals surface area contributed by atoms with Crippen LogP contribution in [0.4, 0.5) is 5.69 Å². The molecule has 7 nitrogen and oxygen atoms in total. The molecular weight excluding hydrogens is 302 g/mol. The van der Waals surface area contributed by atoms with E-state index in [9.17, 15) is 14.9 Å². The van der Waals surface area contributed by atoms with Gasteiger partial charge >= 0.3 is 5.97 Å². The van der Waals surface area contributed by atoms with Crippen LogP contribution in [-0.2, 0) is 11.3 Å². The normalized spacial score (nSPS) is 10.4. The number of non-ortho nitro benzene ring substituents is 1. The second-order valence-electron chi connectivity index (χ2n) is 4.63. The Morgan fingerprint density at radius 2 is 2.04 bits per heavy atom. The monoisotopic (exact) mass is 313 g/mol. The molecule has 0 saturated carbocycles. The van der Waals surface area contributed by atoms with Crippen LogP contribution in [0.25, 0.3) is 11.3 Å². The minimum Gasteiger partial charge on any atom is -0.457 e. The van der Waals surface area contributed by atoms with Crippen LogP contribution >= 0.6 is 0 Å². The molecule has 0 radical (unpaired) electrons. The summed E-state index contributed by atoms with van der Waals surface area (Å²) in [5.41, 5.74) is 0.549. The van der Waals surface area contributed by atoms with Crippen molar-refractivity contribution in [2.45, 2.75) is 6.61 Å². The minimum atomic E-state index is -0.594. The summed E-state index contributed by atoms with van der Waals surface area (Å²) in [5, 5.41) is 10.8. The maximum Gasteiger partial charge on any atom is 0.374 e. The molecule has 2 heterocycles. The van der Waals surface area contributed by atoms with Gasteiger partial charge in [-0.25, -0.2) is 4.79 Å². The number of nitrogens with zero attached hydrogens (tertiary/aromatic N) is 1. The molecule has 0 aliphatic carbocycles. The zero-order valence-electron chi connectivity index (χ0n) is 11.8. The second-order valence-corrected chi connectivity index (χ2v) is 4.63. The van der Waals surface area contributed by atoms with E-state index in [1.54, 1.807) is 30.3 Å². The molecule has 0 fully saturated rings. The molecular formula is C16H11NO6. The zero-order valence-corrected chi connectivity index (χ0v) is 11.8. The minimum absolute atomic E-state index is 0.0234. The summed E-state index contributed by atoms with van der Waals surface area (Å²) in [5.74, 6) is 0.392. The smallest absolute Gasteiger partial charge is 0.374 e. The SMILES string of the molecule is O=C(OCc1ccc(-c2cccc([N+](=O)[O-])c2)o1)c1ccco1. The van der Waals surface area contributed by atoms with E-state index in [4.69, 9.17) is 13.6 Å². The fourth-order valence-corrected chi connectivity index (χ4v) is 1.99. The third-order valence-corrected chi connectivity index (χ3v) is 3.07. The second kappa shape index (κ2) is 6.18. The Morgan fingerprint density at radius 1 is 1.17 bits per heavy atom. The predicted octanol–water partition coefficient (Wildman–Crippen LogP) is 3.80. The predicted molar refractivity (Wildman–Crippen MR) is 78.6 cm³/mol. The van der Waals surface area contributed by atoms with Crippen molar-refractivity contribution in [3.8, 4) is 11.3 Å². The Labute approximate surface area is 130 Å². The Balaban J connectivity index is 1.69. The van der Waals surface area contributed by atoms with Crippen LogP contribution in [0, 0.1) is 10.1 Å². The van der Waals surface area contributed by atoms with Gasteiger partial charge in [-0.3, -0.25) is 10.1 Å². The van der Waals surface area contributed by atoms with Crippen LogP contribution in [0.15, 0.2) is 63.6 Å². The van der Waals surface area contributed by atoms with Crippen LogP contribution in [0.5, 0.6) is 0 Å². The Hall–Kier alpha value is -3.35. The Morgan fingerprint density at radius 3 is 2.78 bits per heavy atom. The number of benzene rings is 1. The van der Waals surface area contributed by atoms with Crippen LogP contribution in [0.2, 0.25) is 0 Å². The first-order valence-corrected chi connectivity index (χ1v) is 6.67. The van der Waals surface area contributed by atoms with Gasteiger partial charge in [0.25, 0.3) is 5.69 Å². The van der Waals surface area contributed by atoms with E-state index in [1.807, 2.05) is 0 Å². The summed E-state index contributed by atoms with van der Waals surface area (Å²) in [7, 11) is 0. The molecule has 0 atom stereocenters. The van der Waals surface area contributed by atoms with Crippen LogP contribution in [-0.4, -0.2) is 10.9 Å². The van der Waals surface area contributed by atoms with E-state index in [1.165, 1.54) is 24.5 Å². The number of hydrogen-bond acceptors (Lipinski definition) is 6. The molecule has 2 aromatic heterocycles. The molecule has 23 heavy (non-hydrogen) atoms. The molecule has 0 aliphatic rings. The summed E-state index contributed by atoms with van der Waals surface area (Å²) < 4.78 is 15.5. The fourth-order valence-electron chi connectivity index (χ4n) is 1.99. The number of hydrogen-bond donors (Lipinski definition) is 0. The lowest BCUT2D eigenvalue weighted by Crippen LogP contribution is -2.03. The van der Waals surface area contributed by atoms with Gasteiger partial charge in [0.05, 0.1) is 11.2 Å². The quantitative estimate of drug-likeness (QED) is 0.404. The summed E-state index contributed by atoms with van der Waals surface area (Å²) >= 11 is 0. The maximum atomic E-state index is 11.6. The van der Waals surface area contributed by atoms with E-state index >= 15 is 0 Å². The molecule has 0 spiro atoms. The average Bonchev–Trinajstić information content (AvgIpc) is 3.24. The third-order valence-electron chi connectivity index (χ3n) is 3.07. The molecule has 3 aromatic rings. The van der Waals surface area contributed by atoms with Gasteiger partial charge in [0.15, 0.2) is 0 Å². The van der Waals surface area contributed by atoms with Gasteiger partial charge in [0, 0.05) is 17.7 Å². The van der Waals surface area contributed by atoms with Crippen LogP contribution in [0.1, 0.15) is 16.3 Å². The van der Waals surface area contributed by atoms with E-state index in [0.29, 0.717) is 17.1 Å². The van der Waals surface area contributed by atoms with Crippen molar-refractivity contribution < 1.29 is 23.3 Å². The van der Waals surface area contributed by atoms with E-state index < -0.39 is 10.9 Å². The van der Waals surface area contributed by atoms with Gasteiger partial charge in [0.1, 0.15) is 18.1 Å². The lowest BCUT2D eigenvalue weighted by molar-refractivity contribution is -0.384. The molecule has 7 heteroatoms. The maximum absolute atomic E-state index is 11.6. The van der Waals surface area contributed by atoms with Crippen molar-refractivity contribution in [1.82, 2.24) is 0 Å². The molecule has 0 amide bonds. The van der Waals surface area contributed by atoms with E-state index in [-0.39, 0.29) is 18.1 Å². The fraction of sp³-hybridized carbons (Fsp3) is 0.0625. The van der Waals surface area contributed by atoms with Gasteiger partial charge in [-0.2, -0.15) is 0 Å². The van der Waals surface area contributed by atoms with Crippen molar-refractivity contribution in [2.24, 2.45) is 0 Å². The van der Waals surface area contributed by atoms with Gasteiger partial charge in [-0.15, -0.1) is 0 Å². The van der Waals surface area contributed by atoms with E-state index in [2.05, 4.69) is 0 Å². The number of ether oxygens (including phenoxy) is 1. The van der Waals surface area contributed by atoms with Crippen molar-refractivity contribution in [3.05, 3.63) is 76.4 Å². The lowest BCUT2D eigenvalue weighted by Gasteiger charge is -2.00. The average molecular weight is 313 g/mol. The third kappa shape index (κ3) is 3.29. The highest BCUT2D eigenvalue weighted by molar-refractivity contribution is 5.86. The number of furan rings is 2. The van der Waals surface area contributed by atoms with Gasteiger partial charge in [-0.05, 0) is 24.3 Å². The van der Waals surface area contributed by atoms with Crippen molar-refractivity contribution in [2.75, 3.05) is 0 Å². The van der Waals surface area contributed by atoms with Gasteiger partial charge < -0.3 is 13.6 Å². The highest BCUT2D eigenvalue weighted by Gasteiger charge is 2.13. The standard InChI is InChI=1S/C16H11NO6/c18-16(15-5-2-8-21-15)22-10-13-6-7-14(23-13)11-3-1-4-12(9-11)17(19)20/h1-9H,10H2. The highest BCUT2D eigenvalue weighted by atomic mass is 16.6. The molecule has 0 N–H and O–H groups in total. The summed E-state index contributed by atoms with van der Waals surface area (Å²) in [4.78, 5) is 22.0. The highest BCUT2D eigenvalue weighted by Crippen LogP contribution is 2.26. The Kier molecular flexibility index (Phi) is 3.92. The van der Waals surface area contributed by atoms with Gasteiger partial charge in [0.2, 0.25) is 5.76 Å². The summed E-state index contributed by atoms with van der Waals surface area (Å²) in [6, 6.07) is 12.5. The number of rotatable bonds is 5. The number of nitro benzene ring substituents is 1. The molecule has 3 rings (SSSR count). The van der Waals surface area contributed by atoms with Crippen molar-refractivity contribution in [1.29, 1.82) is 0 Å². The number of nitro groups is 1.